The minimum absolute atomic E-state index is 0.186. The van der Waals surface area contributed by atoms with Crippen LogP contribution >= 0.6 is 11.6 Å². The summed E-state index contributed by atoms with van der Waals surface area (Å²) in [7, 11) is 1.43. The lowest BCUT2D eigenvalue weighted by Gasteiger charge is -2.11. The molecular weight excluding hydrogens is 458 g/mol. The van der Waals surface area contributed by atoms with Crippen LogP contribution < -0.4 is 20.2 Å². The van der Waals surface area contributed by atoms with Gasteiger partial charge in [-0.05, 0) is 56.3 Å². The fourth-order valence-electron chi connectivity index (χ4n) is 2.83. The maximum atomic E-state index is 12.4. The standard InChI is InChI=1S/C25H22ClN3O5/c1-15-8-11-18(12-9-15)27-23(30)24(31)29-28-16(2)17-10-13-21(22(14-17)33-3)34-25(32)19-6-4-5-7-20(19)26/h4-14H,1-3H3,(H,27,30)(H,29,31)/b28-16+. The topological polar surface area (TPSA) is 106 Å². The summed E-state index contributed by atoms with van der Waals surface area (Å²) < 4.78 is 10.7. The third kappa shape index (κ3) is 6.20. The summed E-state index contributed by atoms with van der Waals surface area (Å²) in [6.45, 7) is 3.56. The molecule has 0 saturated heterocycles. The van der Waals surface area contributed by atoms with Crippen molar-refractivity contribution in [3.8, 4) is 11.5 Å². The van der Waals surface area contributed by atoms with Crippen LogP contribution in [0.15, 0.2) is 71.8 Å². The highest BCUT2D eigenvalue weighted by atomic mass is 35.5. The first-order valence-electron chi connectivity index (χ1n) is 10.2. The maximum absolute atomic E-state index is 12.4. The number of anilines is 1. The average molecular weight is 480 g/mol. The quantitative estimate of drug-likeness (QED) is 0.180. The number of carbonyl (C=O) groups is 3. The van der Waals surface area contributed by atoms with Gasteiger partial charge in [-0.2, -0.15) is 5.10 Å². The lowest BCUT2D eigenvalue weighted by atomic mass is 10.1. The van der Waals surface area contributed by atoms with Crippen LogP contribution in [0.5, 0.6) is 11.5 Å². The summed E-state index contributed by atoms with van der Waals surface area (Å²) in [5, 5.41) is 6.74. The smallest absolute Gasteiger partial charge is 0.345 e. The molecule has 0 saturated carbocycles. The summed E-state index contributed by atoms with van der Waals surface area (Å²) in [4.78, 5) is 36.6. The van der Waals surface area contributed by atoms with Gasteiger partial charge in [0.25, 0.3) is 0 Å². The fraction of sp³-hybridized carbons (Fsp3) is 0.120. The Morgan fingerprint density at radius 3 is 2.29 bits per heavy atom. The first-order valence-corrected chi connectivity index (χ1v) is 10.5. The molecule has 174 valence electrons. The lowest BCUT2D eigenvalue weighted by Crippen LogP contribution is -2.32. The zero-order valence-electron chi connectivity index (χ0n) is 18.7. The Labute approximate surface area is 201 Å². The van der Waals surface area contributed by atoms with Gasteiger partial charge >= 0.3 is 17.8 Å². The van der Waals surface area contributed by atoms with E-state index in [-0.39, 0.29) is 22.1 Å². The van der Waals surface area contributed by atoms with Gasteiger partial charge in [0, 0.05) is 11.3 Å². The number of nitrogens with zero attached hydrogens (tertiary/aromatic N) is 1. The first-order chi connectivity index (χ1) is 16.3. The summed E-state index contributed by atoms with van der Waals surface area (Å²) in [5.41, 5.74) is 4.95. The van der Waals surface area contributed by atoms with Gasteiger partial charge in [0.15, 0.2) is 11.5 Å². The molecule has 2 amide bonds. The summed E-state index contributed by atoms with van der Waals surface area (Å²) in [6, 6.07) is 18.3. The number of methoxy groups -OCH3 is 1. The summed E-state index contributed by atoms with van der Waals surface area (Å²) in [6.07, 6.45) is 0. The van der Waals surface area contributed by atoms with E-state index in [1.54, 1.807) is 55.5 Å². The van der Waals surface area contributed by atoms with Gasteiger partial charge in [-0.15, -0.1) is 0 Å². The Morgan fingerprint density at radius 1 is 0.912 bits per heavy atom. The number of hydrazone groups is 1. The molecule has 3 rings (SSSR count). The highest BCUT2D eigenvalue weighted by Gasteiger charge is 2.17. The number of aryl methyl sites for hydroxylation is 1. The minimum atomic E-state index is -0.919. The van der Waals surface area contributed by atoms with Crippen molar-refractivity contribution in [1.29, 1.82) is 0 Å². The Hall–Kier alpha value is -4.17. The number of amides is 2. The Morgan fingerprint density at radius 2 is 1.62 bits per heavy atom. The number of ether oxygens (including phenoxy) is 2. The number of halogens is 1. The molecule has 0 fully saturated rings. The molecule has 3 aromatic carbocycles. The molecule has 0 heterocycles. The van der Waals surface area contributed by atoms with Crippen molar-refractivity contribution in [3.05, 3.63) is 88.4 Å². The number of esters is 1. The second-order valence-corrected chi connectivity index (χ2v) is 7.60. The molecular formula is C25H22ClN3O5. The van der Waals surface area contributed by atoms with Gasteiger partial charge in [-0.3, -0.25) is 9.59 Å². The Balaban J connectivity index is 1.67. The van der Waals surface area contributed by atoms with Gasteiger partial charge in [0.1, 0.15) is 0 Å². The van der Waals surface area contributed by atoms with Crippen LogP contribution in [0.4, 0.5) is 5.69 Å². The van der Waals surface area contributed by atoms with Crippen LogP contribution in [0.3, 0.4) is 0 Å². The van der Waals surface area contributed by atoms with E-state index in [4.69, 9.17) is 21.1 Å². The van der Waals surface area contributed by atoms with Gasteiger partial charge in [0.2, 0.25) is 0 Å². The van der Waals surface area contributed by atoms with E-state index < -0.39 is 17.8 Å². The minimum Gasteiger partial charge on any atom is -0.493 e. The molecule has 0 aliphatic carbocycles. The molecule has 0 aromatic heterocycles. The summed E-state index contributed by atoms with van der Waals surface area (Å²) in [5.74, 6) is -1.94. The van der Waals surface area contributed by atoms with E-state index in [2.05, 4.69) is 15.8 Å². The molecule has 34 heavy (non-hydrogen) atoms. The molecule has 2 N–H and O–H groups in total. The number of nitrogens with one attached hydrogen (secondary N) is 2. The number of benzene rings is 3. The molecule has 0 radical (unpaired) electrons. The zero-order valence-corrected chi connectivity index (χ0v) is 19.5. The van der Waals surface area contributed by atoms with Crippen LogP contribution in [-0.4, -0.2) is 30.6 Å². The lowest BCUT2D eigenvalue weighted by molar-refractivity contribution is -0.136. The molecule has 0 aliphatic heterocycles. The first kappa shape index (κ1) is 24.5. The highest BCUT2D eigenvalue weighted by Crippen LogP contribution is 2.30. The van der Waals surface area contributed by atoms with Crippen LogP contribution in [0.1, 0.15) is 28.4 Å². The Kier molecular flexibility index (Phi) is 8.00. The van der Waals surface area contributed by atoms with Crippen molar-refractivity contribution >= 4 is 40.8 Å². The molecule has 0 spiro atoms. The molecule has 9 heteroatoms. The number of hydrogen-bond acceptors (Lipinski definition) is 6. The van der Waals surface area contributed by atoms with Crippen LogP contribution in [-0.2, 0) is 9.59 Å². The predicted molar refractivity (Wildman–Crippen MR) is 130 cm³/mol. The summed E-state index contributed by atoms with van der Waals surface area (Å²) >= 11 is 6.05. The third-order valence-electron chi connectivity index (χ3n) is 4.72. The van der Waals surface area contributed by atoms with E-state index in [1.165, 1.54) is 13.2 Å². The van der Waals surface area contributed by atoms with Crippen molar-refractivity contribution in [2.45, 2.75) is 13.8 Å². The van der Waals surface area contributed by atoms with Crippen molar-refractivity contribution in [3.63, 3.8) is 0 Å². The molecule has 0 bridgehead atoms. The third-order valence-corrected chi connectivity index (χ3v) is 5.05. The fourth-order valence-corrected chi connectivity index (χ4v) is 3.05. The van der Waals surface area contributed by atoms with E-state index in [0.717, 1.165) is 5.56 Å². The van der Waals surface area contributed by atoms with Gasteiger partial charge in [0.05, 0.1) is 23.4 Å². The van der Waals surface area contributed by atoms with Gasteiger partial charge in [-0.1, -0.05) is 41.4 Å². The molecule has 3 aromatic rings. The molecule has 0 atom stereocenters. The average Bonchev–Trinajstić information content (AvgIpc) is 2.84. The van der Waals surface area contributed by atoms with Crippen molar-refractivity contribution in [2.75, 3.05) is 12.4 Å². The van der Waals surface area contributed by atoms with Crippen molar-refractivity contribution in [1.82, 2.24) is 5.43 Å². The van der Waals surface area contributed by atoms with E-state index in [0.29, 0.717) is 17.0 Å². The number of rotatable bonds is 6. The molecule has 0 unspecified atom stereocenters. The normalized spacial score (nSPS) is 10.9. The van der Waals surface area contributed by atoms with Crippen LogP contribution in [0.25, 0.3) is 0 Å². The number of hydrogen-bond donors (Lipinski definition) is 2. The second-order valence-electron chi connectivity index (χ2n) is 7.19. The zero-order chi connectivity index (χ0) is 24.7. The van der Waals surface area contributed by atoms with Crippen molar-refractivity contribution in [2.24, 2.45) is 5.10 Å². The van der Waals surface area contributed by atoms with E-state index >= 15 is 0 Å². The largest absolute Gasteiger partial charge is 0.493 e. The van der Waals surface area contributed by atoms with Crippen LogP contribution in [0.2, 0.25) is 5.02 Å². The SMILES string of the molecule is COc1cc(/C(C)=N/NC(=O)C(=O)Nc2ccc(C)cc2)ccc1OC(=O)c1ccccc1Cl. The second kappa shape index (κ2) is 11.1. The number of carbonyl (C=O) groups excluding carboxylic acids is 3. The van der Waals surface area contributed by atoms with E-state index in [1.807, 2.05) is 19.1 Å². The monoisotopic (exact) mass is 479 g/mol. The maximum Gasteiger partial charge on any atom is 0.345 e. The van der Waals surface area contributed by atoms with Gasteiger partial charge in [-0.25, -0.2) is 10.2 Å². The van der Waals surface area contributed by atoms with Crippen LogP contribution in [0, 0.1) is 6.92 Å². The predicted octanol–water partition coefficient (Wildman–Crippen LogP) is 4.36. The molecule has 8 nitrogen and oxygen atoms in total. The van der Waals surface area contributed by atoms with Gasteiger partial charge < -0.3 is 14.8 Å². The Bertz CT molecular complexity index is 1260. The highest BCUT2D eigenvalue weighted by molar-refractivity contribution is 6.39. The van der Waals surface area contributed by atoms with Crippen molar-refractivity contribution < 1.29 is 23.9 Å². The molecule has 0 aliphatic rings. The van der Waals surface area contributed by atoms with E-state index in [9.17, 15) is 14.4 Å².